The summed E-state index contributed by atoms with van der Waals surface area (Å²) in [6.45, 7) is 1.48. The van der Waals surface area contributed by atoms with Crippen LogP contribution in [0.3, 0.4) is 0 Å². The highest BCUT2D eigenvalue weighted by atomic mass is 32.1. The molecule has 18 heavy (non-hydrogen) atoms. The van der Waals surface area contributed by atoms with E-state index < -0.39 is 0 Å². The minimum atomic E-state index is -0.226. The second-order valence-corrected chi connectivity index (χ2v) is 5.22. The van der Waals surface area contributed by atoms with Crippen LogP contribution < -0.4 is 5.32 Å². The topological polar surface area (TPSA) is 29.1 Å². The Morgan fingerprint density at radius 3 is 2.50 bits per heavy atom. The van der Waals surface area contributed by atoms with Crippen molar-refractivity contribution in [1.82, 2.24) is 0 Å². The molecule has 0 bridgehead atoms. The third kappa shape index (κ3) is 1.84. The first-order valence-corrected chi connectivity index (χ1v) is 6.34. The summed E-state index contributed by atoms with van der Waals surface area (Å²) >= 11 is 1.53. The molecule has 0 fully saturated rings. The van der Waals surface area contributed by atoms with Crippen molar-refractivity contribution in [3.05, 3.63) is 42.2 Å². The predicted octanol–water partition coefficient (Wildman–Crippen LogP) is 4.15. The van der Waals surface area contributed by atoms with E-state index in [0.29, 0.717) is 0 Å². The van der Waals surface area contributed by atoms with E-state index in [1.165, 1.54) is 30.4 Å². The SMILES string of the molecule is CC(=O)Nc1ccc2c(c1)sc1cc(F)ccc12. The lowest BCUT2D eigenvalue weighted by atomic mass is 10.1. The van der Waals surface area contributed by atoms with E-state index in [9.17, 15) is 9.18 Å². The van der Waals surface area contributed by atoms with Crippen molar-refractivity contribution in [3.63, 3.8) is 0 Å². The van der Waals surface area contributed by atoms with Gasteiger partial charge in [-0.25, -0.2) is 4.39 Å². The molecule has 0 aliphatic rings. The van der Waals surface area contributed by atoms with Crippen LogP contribution in [0.2, 0.25) is 0 Å². The number of carbonyl (C=O) groups is 1. The van der Waals surface area contributed by atoms with Crippen LogP contribution in [-0.2, 0) is 4.79 Å². The molecular formula is C14H10FNOS. The Morgan fingerprint density at radius 2 is 1.78 bits per heavy atom. The highest BCUT2D eigenvalue weighted by molar-refractivity contribution is 7.25. The van der Waals surface area contributed by atoms with Crippen LogP contribution in [0.5, 0.6) is 0 Å². The van der Waals surface area contributed by atoms with Gasteiger partial charge in [-0.2, -0.15) is 0 Å². The summed E-state index contributed by atoms with van der Waals surface area (Å²) in [7, 11) is 0. The summed E-state index contributed by atoms with van der Waals surface area (Å²) in [5.74, 6) is -0.322. The first-order chi connectivity index (χ1) is 8.63. The number of hydrogen-bond acceptors (Lipinski definition) is 2. The van der Waals surface area contributed by atoms with Crippen molar-refractivity contribution >= 4 is 43.1 Å². The monoisotopic (exact) mass is 259 g/mol. The number of thiophene rings is 1. The Hall–Kier alpha value is -1.94. The molecule has 2 aromatic carbocycles. The minimum Gasteiger partial charge on any atom is -0.326 e. The average Bonchev–Trinajstić information content (AvgIpc) is 2.64. The van der Waals surface area contributed by atoms with Gasteiger partial charge >= 0.3 is 0 Å². The maximum absolute atomic E-state index is 13.2. The molecule has 0 unspecified atom stereocenters. The molecule has 0 aliphatic carbocycles. The van der Waals surface area contributed by atoms with E-state index in [4.69, 9.17) is 0 Å². The van der Waals surface area contributed by atoms with E-state index >= 15 is 0 Å². The molecular weight excluding hydrogens is 249 g/mol. The number of fused-ring (bicyclic) bond motifs is 3. The van der Waals surface area contributed by atoms with Crippen LogP contribution in [-0.4, -0.2) is 5.91 Å². The van der Waals surface area contributed by atoms with Crippen molar-refractivity contribution < 1.29 is 9.18 Å². The Kier molecular flexibility index (Phi) is 2.52. The molecule has 0 aliphatic heterocycles. The number of nitrogens with one attached hydrogen (secondary N) is 1. The van der Waals surface area contributed by atoms with Gasteiger partial charge in [0.05, 0.1) is 0 Å². The molecule has 0 radical (unpaired) electrons. The van der Waals surface area contributed by atoms with Crippen molar-refractivity contribution in [2.24, 2.45) is 0 Å². The van der Waals surface area contributed by atoms with Crippen molar-refractivity contribution in [3.8, 4) is 0 Å². The molecule has 0 atom stereocenters. The summed E-state index contributed by atoms with van der Waals surface area (Å²) in [5.41, 5.74) is 0.766. The van der Waals surface area contributed by atoms with Crippen LogP contribution in [0, 0.1) is 5.82 Å². The molecule has 0 spiro atoms. The van der Waals surface area contributed by atoms with Gasteiger partial charge in [-0.15, -0.1) is 11.3 Å². The molecule has 3 rings (SSSR count). The predicted molar refractivity (Wildman–Crippen MR) is 73.6 cm³/mol. The summed E-state index contributed by atoms with van der Waals surface area (Å²) in [6.07, 6.45) is 0. The maximum atomic E-state index is 13.2. The van der Waals surface area contributed by atoms with Gasteiger partial charge in [-0.1, -0.05) is 12.1 Å². The van der Waals surface area contributed by atoms with E-state index in [2.05, 4.69) is 5.32 Å². The largest absolute Gasteiger partial charge is 0.326 e. The van der Waals surface area contributed by atoms with E-state index in [1.807, 2.05) is 18.2 Å². The molecule has 3 aromatic rings. The van der Waals surface area contributed by atoms with Crippen molar-refractivity contribution in [2.45, 2.75) is 6.92 Å². The van der Waals surface area contributed by atoms with Gasteiger partial charge in [0.25, 0.3) is 0 Å². The Bertz CT molecular complexity index is 763. The fourth-order valence-corrected chi connectivity index (χ4v) is 3.20. The van der Waals surface area contributed by atoms with Gasteiger partial charge < -0.3 is 5.32 Å². The maximum Gasteiger partial charge on any atom is 0.221 e. The van der Waals surface area contributed by atoms with Gasteiger partial charge in [0.1, 0.15) is 5.82 Å². The molecule has 2 nitrogen and oxygen atoms in total. The highest BCUT2D eigenvalue weighted by Crippen LogP contribution is 2.35. The number of carbonyl (C=O) groups excluding carboxylic acids is 1. The Morgan fingerprint density at radius 1 is 1.11 bits per heavy atom. The van der Waals surface area contributed by atoms with Crippen LogP contribution in [0.4, 0.5) is 10.1 Å². The van der Waals surface area contributed by atoms with Crippen LogP contribution in [0.25, 0.3) is 20.2 Å². The summed E-state index contributed by atoms with van der Waals surface area (Å²) in [5, 5.41) is 4.88. The summed E-state index contributed by atoms with van der Waals surface area (Å²) in [6, 6.07) is 10.5. The zero-order valence-corrected chi connectivity index (χ0v) is 10.5. The molecule has 90 valence electrons. The second kappa shape index (κ2) is 4.07. The van der Waals surface area contributed by atoms with E-state index in [0.717, 1.165) is 25.9 Å². The molecule has 1 amide bonds. The van der Waals surface area contributed by atoms with E-state index in [-0.39, 0.29) is 11.7 Å². The number of hydrogen-bond donors (Lipinski definition) is 1. The summed E-state index contributed by atoms with van der Waals surface area (Å²) in [4.78, 5) is 11.0. The van der Waals surface area contributed by atoms with Crippen molar-refractivity contribution in [2.75, 3.05) is 5.32 Å². The average molecular weight is 259 g/mol. The smallest absolute Gasteiger partial charge is 0.221 e. The standard InChI is InChI=1S/C14H10FNOS/c1-8(17)16-10-3-5-12-11-4-2-9(15)6-13(11)18-14(12)7-10/h2-7H,1H3,(H,16,17). The molecule has 1 heterocycles. The van der Waals surface area contributed by atoms with Crippen LogP contribution in [0.15, 0.2) is 36.4 Å². The molecule has 1 aromatic heterocycles. The quantitative estimate of drug-likeness (QED) is 0.698. The van der Waals surface area contributed by atoms with Gasteiger partial charge in [0.15, 0.2) is 0 Å². The third-order valence-electron chi connectivity index (χ3n) is 2.76. The third-order valence-corrected chi connectivity index (χ3v) is 3.87. The van der Waals surface area contributed by atoms with Crippen LogP contribution >= 0.6 is 11.3 Å². The molecule has 4 heteroatoms. The zero-order valence-electron chi connectivity index (χ0n) is 9.66. The zero-order chi connectivity index (χ0) is 12.7. The second-order valence-electron chi connectivity index (χ2n) is 4.13. The lowest BCUT2D eigenvalue weighted by Crippen LogP contribution is -2.04. The molecule has 1 N–H and O–H groups in total. The molecule has 0 saturated heterocycles. The van der Waals surface area contributed by atoms with Gasteiger partial charge in [-0.05, 0) is 24.3 Å². The lowest BCUT2D eigenvalue weighted by Gasteiger charge is -2.01. The number of rotatable bonds is 1. The van der Waals surface area contributed by atoms with Crippen LogP contribution in [0.1, 0.15) is 6.92 Å². The number of anilines is 1. The normalized spacial score (nSPS) is 11.0. The summed E-state index contributed by atoms with van der Waals surface area (Å²) < 4.78 is 15.1. The number of benzene rings is 2. The number of halogens is 1. The Balaban J connectivity index is 2.22. The Labute approximate surface area is 107 Å². The minimum absolute atomic E-state index is 0.0958. The highest BCUT2D eigenvalue weighted by Gasteiger charge is 2.07. The van der Waals surface area contributed by atoms with Crippen molar-refractivity contribution in [1.29, 1.82) is 0 Å². The lowest BCUT2D eigenvalue weighted by molar-refractivity contribution is -0.114. The van der Waals surface area contributed by atoms with Gasteiger partial charge in [0.2, 0.25) is 5.91 Å². The fourth-order valence-electron chi connectivity index (χ4n) is 2.03. The first kappa shape index (κ1) is 11.2. The van der Waals surface area contributed by atoms with Gasteiger partial charge in [0, 0.05) is 32.8 Å². The molecule has 0 saturated carbocycles. The first-order valence-electron chi connectivity index (χ1n) is 5.53. The van der Waals surface area contributed by atoms with Gasteiger partial charge in [-0.3, -0.25) is 4.79 Å². The van der Waals surface area contributed by atoms with E-state index in [1.54, 1.807) is 6.07 Å². The fraction of sp³-hybridized carbons (Fsp3) is 0.0714. The number of amides is 1.